The van der Waals surface area contributed by atoms with Crippen LogP contribution in [0.4, 0.5) is 0 Å². The van der Waals surface area contributed by atoms with E-state index in [4.69, 9.17) is 0 Å². The fraction of sp³-hybridized carbons (Fsp3) is 1.00. The molecule has 0 fully saturated rings. The van der Waals surface area contributed by atoms with Crippen molar-refractivity contribution in [2.24, 2.45) is 5.92 Å². The van der Waals surface area contributed by atoms with Gasteiger partial charge < -0.3 is 5.32 Å². The molecule has 0 bridgehead atoms. The van der Waals surface area contributed by atoms with E-state index in [1.807, 2.05) is 20.8 Å². The van der Waals surface area contributed by atoms with E-state index in [0.29, 0.717) is 18.5 Å². The Kier molecular flexibility index (Phi) is 8.12. The van der Waals surface area contributed by atoms with Crippen LogP contribution in [0.3, 0.4) is 0 Å². The highest BCUT2D eigenvalue weighted by Crippen LogP contribution is 2.14. The molecule has 19 heavy (non-hydrogen) atoms. The molecule has 0 heterocycles. The summed E-state index contributed by atoms with van der Waals surface area (Å²) in [7, 11) is -0.0424. The Hall–Kier alpha value is -0.170. The number of nitrogens with zero attached hydrogens (tertiary/aromatic N) is 2. The van der Waals surface area contributed by atoms with Crippen molar-refractivity contribution in [2.75, 3.05) is 27.2 Å². The molecule has 6 heteroatoms. The minimum absolute atomic E-state index is 0.00115. The maximum Gasteiger partial charge on any atom is 0.281 e. The van der Waals surface area contributed by atoms with E-state index in [2.05, 4.69) is 19.2 Å². The molecule has 0 saturated carbocycles. The quantitative estimate of drug-likeness (QED) is 0.656. The van der Waals surface area contributed by atoms with E-state index in [1.165, 1.54) is 8.61 Å². The number of nitrogens with one attached hydrogen (secondary N) is 1. The van der Waals surface area contributed by atoms with E-state index in [9.17, 15) is 8.42 Å². The van der Waals surface area contributed by atoms with Crippen molar-refractivity contribution < 1.29 is 8.42 Å². The minimum atomic E-state index is -3.35. The van der Waals surface area contributed by atoms with Gasteiger partial charge >= 0.3 is 0 Å². The second-order valence-corrected chi connectivity index (χ2v) is 7.89. The van der Waals surface area contributed by atoms with Crippen molar-refractivity contribution in [3.8, 4) is 0 Å². The van der Waals surface area contributed by atoms with Crippen molar-refractivity contribution in [2.45, 2.75) is 53.1 Å². The molecule has 0 rings (SSSR count). The van der Waals surface area contributed by atoms with E-state index in [1.54, 1.807) is 14.1 Å². The lowest BCUT2D eigenvalue weighted by molar-refractivity contribution is 0.291. The molecule has 116 valence electrons. The Bertz CT molecular complexity index is 342. The predicted octanol–water partition coefficient (Wildman–Crippen LogP) is 1.53. The molecule has 0 aliphatic carbocycles. The van der Waals surface area contributed by atoms with Crippen LogP contribution in [0.15, 0.2) is 0 Å². The Morgan fingerprint density at radius 2 is 1.58 bits per heavy atom. The van der Waals surface area contributed by atoms with Gasteiger partial charge in [0.05, 0.1) is 0 Å². The van der Waals surface area contributed by atoms with Crippen molar-refractivity contribution in [1.82, 2.24) is 13.9 Å². The second kappa shape index (κ2) is 8.19. The van der Waals surface area contributed by atoms with E-state index < -0.39 is 10.2 Å². The summed E-state index contributed by atoms with van der Waals surface area (Å²) in [5, 5.41) is 3.29. The second-order valence-electron chi connectivity index (χ2n) is 5.79. The van der Waals surface area contributed by atoms with Gasteiger partial charge in [0.15, 0.2) is 0 Å². The Morgan fingerprint density at radius 1 is 1.05 bits per heavy atom. The summed E-state index contributed by atoms with van der Waals surface area (Å²) in [5.74, 6) is 0.302. The van der Waals surface area contributed by atoms with Gasteiger partial charge in [-0.2, -0.15) is 17.0 Å². The molecule has 1 atom stereocenters. The monoisotopic (exact) mass is 293 g/mol. The van der Waals surface area contributed by atoms with Gasteiger partial charge in [0, 0.05) is 32.7 Å². The van der Waals surface area contributed by atoms with Crippen LogP contribution in [0.2, 0.25) is 0 Å². The topological polar surface area (TPSA) is 52.7 Å². The molecular formula is C13H31N3O2S. The van der Waals surface area contributed by atoms with Crippen molar-refractivity contribution in [3.63, 3.8) is 0 Å². The largest absolute Gasteiger partial charge is 0.314 e. The molecule has 1 N–H and O–H groups in total. The SMILES string of the molecule is CC(C)NCCCN(C)S(=O)(=O)N(C)C(C)C(C)C. The highest BCUT2D eigenvalue weighted by molar-refractivity contribution is 7.86. The van der Waals surface area contributed by atoms with Gasteiger partial charge in [-0.25, -0.2) is 0 Å². The van der Waals surface area contributed by atoms with Gasteiger partial charge in [0.1, 0.15) is 0 Å². The molecule has 0 saturated heterocycles. The maximum absolute atomic E-state index is 12.3. The van der Waals surface area contributed by atoms with Gasteiger partial charge in [0.25, 0.3) is 10.2 Å². The molecule has 0 aliphatic rings. The third-order valence-electron chi connectivity index (χ3n) is 3.50. The van der Waals surface area contributed by atoms with Crippen LogP contribution in [-0.4, -0.2) is 56.3 Å². The lowest BCUT2D eigenvalue weighted by Crippen LogP contribution is -2.46. The van der Waals surface area contributed by atoms with Gasteiger partial charge in [-0.1, -0.05) is 27.7 Å². The van der Waals surface area contributed by atoms with Gasteiger partial charge in [0.2, 0.25) is 0 Å². The van der Waals surface area contributed by atoms with Crippen LogP contribution < -0.4 is 5.32 Å². The zero-order chi connectivity index (χ0) is 15.2. The fourth-order valence-electron chi connectivity index (χ4n) is 1.66. The first-order chi connectivity index (χ1) is 8.60. The molecule has 0 aromatic rings. The van der Waals surface area contributed by atoms with Crippen LogP contribution in [0.5, 0.6) is 0 Å². The zero-order valence-corrected chi connectivity index (χ0v) is 14.3. The van der Waals surface area contributed by atoms with Gasteiger partial charge in [-0.15, -0.1) is 0 Å². The predicted molar refractivity (Wildman–Crippen MR) is 81.4 cm³/mol. The summed E-state index contributed by atoms with van der Waals surface area (Å²) < 4.78 is 27.6. The lowest BCUT2D eigenvalue weighted by atomic mass is 10.1. The highest BCUT2D eigenvalue weighted by Gasteiger charge is 2.28. The molecule has 0 aromatic carbocycles. The Balaban J connectivity index is 4.39. The van der Waals surface area contributed by atoms with Crippen LogP contribution in [0.25, 0.3) is 0 Å². The van der Waals surface area contributed by atoms with Crippen molar-refractivity contribution in [1.29, 1.82) is 0 Å². The molecule has 1 unspecified atom stereocenters. The third kappa shape index (κ3) is 6.21. The fourth-order valence-corrected chi connectivity index (χ4v) is 3.12. The van der Waals surface area contributed by atoms with E-state index in [-0.39, 0.29) is 6.04 Å². The number of hydrogen-bond donors (Lipinski definition) is 1. The van der Waals surface area contributed by atoms with Crippen molar-refractivity contribution >= 4 is 10.2 Å². The smallest absolute Gasteiger partial charge is 0.281 e. The number of hydrogen-bond acceptors (Lipinski definition) is 3. The zero-order valence-electron chi connectivity index (χ0n) is 13.5. The average molecular weight is 293 g/mol. The van der Waals surface area contributed by atoms with Gasteiger partial charge in [-0.3, -0.25) is 0 Å². The first kappa shape index (κ1) is 18.8. The summed E-state index contributed by atoms with van der Waals surface area (Å²) >= 11 is 0. The highest BCUT2D eigenvalue weighted by atomic mass is 32.2. The Morgan fingerprint density at radius 3 is 2.00 bits per heavy atom. The summed E-state index contributed by atoms with van der Waals surface area (Å²) in [6, 6.07) is 0.437. The molecule has 0 amide bonds. The van der Waals surface area contributed by atoms with Crippen LogP contribution in [0, 0.1) is 5.92 Å². The summed E-state index contributed by atoms with van der Waals surface area (Å²) in [4.78, 5) is 0. The normalized spacial score (nSPS) is 14.9. The molecule has 0 aromatic heterocycles. The summed E-state index contributed by atoms with van der Waals surface area (Å²) in [6.07, 6.45) is 0.817. The summed E-state index contributed by atoms with van der Waals surface area (Å²) in [5.41, 5.74) is 0. The molecular weight excluding hydrogens is 262 g/mol. The van der Waals surface area contributed by atoms with E-state index >= 15 is 0 Å². The Labute approximate surface area is 119 Å². The standard InChI is InChI=1S/C13H31N3O2S/c1-11(2)13(5)16(7)19(17,18)15(6)10-8-9-14-12(3)4/h11-14H,8-10H2,1-7H3. The molecule has 0 radical (unpaired) electrons. The first-order valence-electron chi connectivity index (χ1n) is 7.03. The van der Waals surface area contributed by atoms with Gasteiger partial charge in [-0.05, 0) is 25.8 Å². The van der Waals surface area contributed by atoms with E-state index in [0.717, 1.165) is 13.0 Å². The van der Waals surface area contributed by atoms with Crippen LogP contribution >= 0.6 is 0 Å². The van der Waals surface area contributed by atoms with Crippen LogP contribution in [0.1, 0.15) is 41.0 Å². The third-order valence-corrected chi connectivity index (χ3v) is 5.53. The summed E-state index contributed by atoms with van der Waals surface area (Å²) in [6.45, 7) is 11.5. The maximum atomic E-state index is 12.3. The minimum Gasteiger partial charge on any atom is -0.314 e. The molecule has 0 spiro atoms. The van der Waals surface area contributed by atoms with Crippen molar-refractivity contribution in [3.05, 3.63) is 0 Å². The molecule has 0 aliphatic heterocycles. The lowest BCUT2D eigenvalue weighted by Gasteiger charge is -2.31. The number of rotatable bonds is 9. The molecule has 5 nitrogen and oxygen atoms in total. The first-order valence-corrected chi connectivity index (χ1v) is 8.43. The average Bonchev–Trinajstić information content (AvgIpc) is 2.31. The van der Waals surface area contributed by atoms with Crippen LogP contribution in [-0.2, 0) is 10.2 Å².